The van der Waals surface area contributed by atoms with Gasteiger partial charge in [0.05, 0.1) is 37.6 Å². The predicted octanol–water partition coefficient (Wildman–Crippen LogP) is 7.12. The van der Waals surface area contributed by atoms with Gasteiger partial charge in [0.2, 0.25) is 0 Å². The van der Waals surface area contributed by atoms with Gasteiger partial charge in [-0.3, -0.25) is 0 Å². The van der Waals surface area contributed by atoms with E-state index in [4.69, 9.17) is 18.9 Å². The maximum atomic E-state index is 12.2. The van der Waals surface area contributed by atoms with Crippen molar-refractivity contribution in [3.8, 4) is 0 Å². The highest BCUT2D eigenvalue weighted by atomic mass is 16.7. The van der Waals surface area contributed by atoms with Crippen LogP contribution in [0.1, 0.15) is 77.3 Å². The Labute approximate surface area is 205 Å². The number of rotatable bonds is 12. The van der Waals surface area contributed by atoms with Gasteiger partial charge >= 0.3 is 6.16 Å². The molecule has 0 aliphatic carbocycles. The Morgan fingerprint density at radius 3 is 1.32 bits per heavy atom. The molecule has 2 unspecified atom stereocenters. The Morgan fingerprint density at radius 2 is 1.00 bits per heavy atom. The topological polar surface area (TPSA) is 54.0 Å². The molecule has 34 heavy (non-hydrogen) atoms. The van der Waals surface area contributed by atoms with Crippen LogP contribution < -0.4 is 0 Å². The summed E-state index contributed by atoms with van der Waals surface area (Å²) in [4.78, 5) is 12.2. The highest BCUT2D eigenvalue weighted by Crippen LogP contribution is 2.24. The van der Waals surface area contributed by atoms with Gasteiger partial charge in [0, 0.05) is 11.8 Å². The van der Waals surface area contributed by atoms with E-state index in [0.29, 0.717) is 26.1 Å². The molecular formula is C29H42O5. The first-order valence-electron chi connectivity index (χ1n) is 12.2. The SMILES string of the molecule is CC(C)(C)OCC(CCOC(=O)OCCC(COC(C)(C)C)c1ccccc1)c1ccccc1. The number of hydrogen-bond acceptors (Lipinski definition) is 5. The van der Waals surface area contributed by atoms with E-state index in [1.807, 2.05) is 77.9 Å². The second kappa shape index (κ2) is 13.5. The van der Waals surface area contributed by atoms with Crippen LogP contribution in [-0.4, -0.2) is 43.8 Å². The fraction of sp³-hybridized carbons (Fsp3) is 0.552. The lowest BCUT2D eigenvalue weighted by Gasteiger charge is -2.25. The minimum atomic E-state index is -0.632. The third-order valence-electron chi connectivity index (χ3n) is 5.35. The van der Waals surface area contributed by atoms with Crippen LogP contribution in [0, 0.1) is 0 Å². The van der Waals surface area contributed by atoms with Crippen molar-refractivity contribution >= 4 is 6.16 Å². The minimum absolute atomic E-state index is 0.144. The Morgan fingerprint density at radius 1 is 0.647 bits per heavy atom. The molecule has 5 nitrogen and oxygen atoms in total. The van der Waals surface area contributed by atoms with Gasteiger partial charge in [0.15, 0.2) is 0 Å². The first kappa shape index (κ1) is 27.9. The van der Waals surface area contributed by atoms with Crippen molar-refractivity contribution in [1.29, 1.82) is 0 Å². The molecule has 2 aromatic carbocycles. The number of carbonyl (C=O) groups excluding carboxylic acids is 1. The summed E-state index contributed by atoms with van der Waals surface area (Å²) < 4.78 is 22.8. The molecule has 0 heterocycles. The van der Waals surface area contributed by atoms with Gasteiger partial charge in [0.25, 0.3) is 0 Å². The molecule has 0 aromatic heterocycles. The lowest BCUT2D eigenvalue weighted by atomic mass is 9.96. The average molecular weight is 471 g/mol. The maximum Gasteiger partial charge on any atom is 0.508 e. The van der Waals surface area contributed by atoms with Crippen molar-refractivity contribution in [1.82, 2.24) is 0 Å². The molecule has 0 amide bonds. The molecule has 0 spiro atoms. The van der Waals surface area contributed by atoms with Gasteiger partial charge in [-0.2, -0.15) is 0 Å². The monoisotopic (exact) mass is 470 g/mol. The zero-order valence-electron chi connectivity index (χ0n) is 21.7. The summed E-state index contributed by atoms with van der Waals surface area (Å²) in [6.45, 7) is 13.9. The van der Waals surface area contributed by atoms with Gasteiger partial charge in [0.1, 0.15) is 0 Å². The van der Waals surface area contributed by atoms with E-state index < -0.39 is 6.16 Å². The highest BCUT2D eigenvalue weighted by Gasteiger charge is 2.20. The summed E-state index contributed by atoms with van der Waals surface area (Å²) in [5, 5.41) is 0. The molecule has 0 aliphatic heterocycles. The smallest absolute Gasteiger partial charge is 0.434 e. The number of ether oxygens (including phenoxy) is 4. The van der Waals surface area contributed by atoms with E-state index in [1.54, 1.807) is 0 Å². The van der Waals surface area contributed by atoms with Crippen LogP contribution in [0.15, 0.2) is 60.7 Å². The lowest BCUT2D eigenvalue weighted by Crippen LogP contribution is -2.24. The average Bonchev–Trinajstić information content (AvgIpc) is 2.78. The summed E-state index contributed by atoms with van der Waals surface area (Å²) in [7, 11) is 0. The van der Waals surface area contributed by atoms with Gasteiger partial charge in [-0.1, -0.05) is 60.7 Å². The molecule has 2 atom stereocenters. The first-order valence-corrected chi connectivity index (χ1v) is 12.2. The van der Waals surface area contributed by atoms with Crippen LogP contribution in [-0.2, 0) is 18.9 Å². The molecule has 0 N–H and O–H groups in total. The zero-order valence-corrected chi connectivity index (χ0v) is 21.7. The van der Waals surface area contributed by atoms with Crippen molar-refractivity contribution < 1.29 is 23.7 Å². The molecule has 0 bridgehead atoms. The molecule has 2 aromatic rings. The number of benzene rings is 2. The first-order chi connectivity index (χ1) is 16.0. The molecule has 0 saturated carbocycles. The summed E-state index contributed by atoms with van der Waals surface area (Å²) in [5.74, 6) is 0.287. The summed E-state index contributed by atoms with van der Waals surface area (Å²) in [6, 6.07) is 20.4. The molecule has 0 saturated heterocycles. The van der Waals surface area contributed by atoms with Crippen molar-refractivity contribution in [2.24, 2.45) is 0 Å². The second-order valence-corrected chi connectivity index (χ2v) is 10.6. The van der Waals surface area contributed by atoms with E-state index in [0.717, 1.165) is 0 Å². The Hall–Kier alpha value is -2.37. The van der Waals surface area contributed by atoms with Gasteiger partial charge in [-0.25, -0.2) is 4.79 Å². The minimum Gasteiger partial charge on any atom is -0.434 e. The molecule has 0 aliphatic rings. The van der Waals surface area contributed by atoms with Gasteiger partial charge in [-0.05, 0) is 65.5 Å². The van der Waals surface area contributed by atoms with E-state index in [-0.39, 0.29) is 36.3 Å². The molecular weight excluding hydrogens is 428 g/mol. The normalized spacial score (nSPS) is 13.8. The largest absolute Gasteiger partial charge is 0.508 e. The van der Waals surface area contributed by atoms with Crippen LogP contribution in [0.3, 0.4) is 0 Å². The van der Waals surface area contributed by atoms with E-state index in [1.165, 1.54) is 11.1 Å². The quantitative estimate of drug-likeness (QED) is 0.309. The summed E-state index contributed by atoms with van der Waals surface area (Å²) in [6.07, 6.45) is 0.704. The van der Waals surface area contributed by atoms with Crippen molar-refractivity contribution in [2.45, 2.75) is 77.4 Å². The molecule has 188 valence electrons. The van der Waals surface area contributed by atoms with Crippen LogP contribution in [0.2, 0.25) is 0 Å². The highest BCUT2D eigenvalue weighted by molar-refractivity contribution is 5.59. The van der Waals surface area contributed by atoms with E-state index in [2.05, 4.69) is 24.3 Å². The van der Waals surface area contributed by atoms with Crippen LogP contribution >= 0.6 is 0 Å². The van der Waals surface area contributed by atoms with Crippen LogP contribution in [0.4, 0.5) is 4.79 Å². The third-order valence-corrected chi connectivity index (χ3v) is 5.35. The molecule has 5 heteroatoms. The van der Waals surface area contributed by atoms with Gasteiger partial charge in [-0.15, -0.1) is 0 Å². The summed E-state index contributed by atoms with van der Waals surface area (Å²) in [5.41, 5.74) is 1.90. The molecule has 0 fully saturated rings. The number of hydrogen-bond donors (Lipinski definition) is 0. The Bertz CT molecular complexity index is 752. The Kier molecular flexibility index (Phi) is 11.1. The van der Waals surface area contributed by atoms with Gasteiger partial charge < -0.3 is 18.9 Å². The second-order valence-electron chi connectivity index (χ2n) is 10.6. The van der Waals surface area contributed by atoms with Crippen molar-refractivity contribution in [3.05, 3.63) is 71.8 Å². The number of carbonyl (C=O) groups is 1. The maximum absolute atomic E-state index is 12.2. The molecule has 0 radical (unpaired) electrons. The van der Waals surface area contributed by atoms with E-state index in [9.17, 15) is 4.79 Å². The summed E-state index contributed by atoms with van der Waals surface area (Å²) >= 11 is 0. The van der Waals surface area contributed by atoms with Crippen LogP contribution in [0.5, 0.6) is 0 Å². The van der Waals surface area contributed by atoms with E-state index >= 15 is 0 Å². The Balaban J connectivity index is 1.81. The zero-order chi connectivity index (χ0) is 25.0. The fourth-order valence-electron chi connectivity index (χ4n) is 3.45. The predicted molar refractivity (Wildman–Crippen MR) is 136 cm³/mol. The van der Waals surface area contributed by atoms with Crippen molar-refractivity contribution in [3.63, 3.8) is 0 Å². The van der Waals surface area contributed by atoms with Crippen LogP contribution in [0.25, 0.3) is 0 Å². The molecule has 2 rings (SSSR count). The lowest BCUT2D eigenvalue weighted by molar-refractivity contribution is -0.0176. The fourth-order valence-corrected chi connectivity index (χ4v) is 3.45. The third kappa shape index (κ3) is 11.7. The van der Waals surface area contributed by atoms with Crippen molar-refractivity contribution in [2.75, 3.05) is 26.4 Å². The standard InChI is InChI=1S/C29H42O5/c1-28(2,3)33-21-25(23-13-9-7-10-14-23)17-19-31-27(30)32-20-18-26(22-34-29(4,5)6)24-15-11-8-12-16-24/h7-16,25-26H,17-22H2,1-6H3.